The summed E-state index contributed by atoms with van der Waals surface area (Å²) >= 11 is 0. The minimum Gasteiger partial charge on any atom is -0.460 e. The van der Waals surface area contributed by atoms with Crippen molar-refractivity contribution in [2.75, 3.05) is 0 Å². The monoisotopic (exact) mass is 783 g/mol. The van der Waals surface area contributed by atoms with E-state index in [1.165, 1.54) is 0 Å². The number of aryl methyl sites for hydroxylation is 1. The van der Waals surface area contributed by atoms with Crippen molar-refractivity contribution in [2.45, 2.75) is 12.8 Å². The summed E-state index contributed by atoms with van der Waals surface area (Å²) < 4.78 is 19.6. The first-order chi connectivity index (χ1) is 30.2. The van der Waals surface area contributed by atoms with E-state index >= 15 is 0 Å². The molecule has 6 heteroatoms. The van der Waals surface area contributed by atoms with Gasteiger partial charge in [0, 0.05) is 61.2 Å². The number of para-hydroxylation sites is 4. The van der Waals surface area contributed by atoms with Gasteiger partial charge in [0.25, 0.3) is 0 Å². The highest BCUT2D eigenvalue weighted by Gasteiger charge is 2.26. The molecule has 1 aliphatic carbocycles. The summed E-state index contributed by atoms with van der Waals surface area (Å²) in [6.07, 6.45) is 3.91. The molecule has 286 valence electrons. The second kappa shape index (κ2) is 13.2. The van der Waals surface area contributed by atoms with Gasteiger partial charge >= 0.3 is 0 Å². The van der Waals surface area contributed by atoms with Crippen LogP contribution in [0.3, 0.4) is 0 Å². The highest BCUT2D eigenvalue weighted by Crippen LogP contribution is 2.46. The average molecular weight is 784 g/mol. The zero-order chi connectivity index (χ0) is 40.0. The molecule has 0 saturated carbocycles. The molecule has 0 fully saturated rings. The number of allylic oxidation sites excluding steroid dienone is 1. The number of hydrogen-bond donors (Lipinski definition) is 0. The summed E-state index contributed by atoms with van der Waals surface area (Å²) in [6, 6.07) is 58.7. The molecule has 4 heterocycles. The third kappa shape index (κ3) is 5.25. The topological polar surface area (TPSA) is 78.1 Å². The molecule has 0 spiro atoms. The molecule has 0 amide bonds. The maximum absolute atomic E-state index is 6.66. The zero-order valence-corrected chi connectivity index (χ0v) is 32.7. The molecule has 0 unspecified atom stereocenters. The number of fused-ring (bicyclic) bond motifs is 10. The predicted molar refractivity (Wildman–Crippen MR) is 245 cm³/mol. The number of hydrogen-bond acceptors (Lipinski definition) is 6. The molecule has 13 rings (SSSR count). The lowest BCUT2D eigenvalue weighted by Gasteiger charge is -2.16. The van der Waals surface area contributed by atoms with Crippen LogP contribution < -0.4 is 0 Å². The van der Waals surface area contributed by atoms with E-state index in [-0.39, 0.29) is 0 Å². The summed E-state index contributed by atoms with van der Waals surface area (Å²) in [5.74, 6) is 2.82. The van der Waals surface area contributed by atoms with Crippen molar-refractivity contribution in [1.29, 1.82) is 0 Å². The molecule has 4 aromatic heterocycles. The van der Waals surface area contributed by atoms with Crippen LogP contribution in [0.25, 0.3) is 116 Å². The molecule has 0 saturated heterocycles. The van der Waals surface area contributed by atoms with Crippen LogP contribution in [0.5, 0.6) is 0 Å². The van der Waals surface area contributed by atoms with E-state index in [4.69, 9.17) is 28.2 Å². The molecule has 0 N–H and O–H groups in total. The first kappa shape index (κ1) is 33.8. The van der Waals surface area contributed by atoms with Crippen molar-refractivity contribution in [3.63, 3.8) is 0 Å². The lowest BCUT2D eigenvalue weighted by molar-refractivity contribution is 0.545. The quantitative estimate of drug-likeness (QED) is 0.173. The second-order valence-corrected chi connectivity index (χ2v) is 15.7. The molecular weight excluding hydrogens is 751 g/mol. The van der Waals surface area contributed by atoms with Crippen molar-refractivity contribution in [3.05, 3.63) is 193 Å². The van der Waals surface area contributed by atoms with E-state index in [2.05, 4.69) is 121 Å². The van der Waals surface area contributed by atoms with E-state index < -0.39 is 0 Å². The van der Waals surface area contributed by atoms with E-state index in [0.29, 0.717) is 17.5 Å². The fraction of sp³-hybridized carbons (Fsp3) is 0.0364. The molecule has 6 nitrogen and oxygen atoms in total. The third-order valence-electron chi connectivity index (χ3n) is 12.2. The molecule has 12 aromatic rings. The van der Waals surface area contributed by atoms with Crippen LogP contribution in [0.2, 0.25) is 0 Å². The molecule has 1 aliphatic rings. The van der Waals surface area contributed by atoms with Crippen LogP contribution in [-0.4, -0.2) is 15.0 Å². The lowest BCUT2D eigenvalue weighted by Crippen LogP contribution is -2.06. The normalized spacial score (nSPS) is 12.9. The summed E-state index contributed by atoms with van der Waals surface area (Å²) in [7, 11) is 0. The number of rotatable bonds is 5. The van der Waals surface area contributed by atoms with E-state index in [1.807, 2.05) is 54.6 Å². The van der Waals surface area contributed by atoms with Gasteiger partial charge in [-0.1, -0.05) is 140 Å². The Morgan fingerprint density at radius 1 is 0.377 bits per heavy atom. The van der Waals surface area contributed by atoms with Crippen molar-refractivity contribution in [1.82, 2.24) is 15.0 Å². The van der Waals surface area contributed by atoms with E-state index in [9.17, 15) is 0 Å². The van der Waals surface area contributed by atoms with Gasteiger partial charge in [-0.05, 0) is 70.3 Å². The Bertz CT molecular complexity index is 3780. The van der Waals surface area contributed by atoms with E-state index in [0.717, 1.165) is 129 Å². The highest BCUT2D eigenvalue weighted by atomic mass is 16.3. The third-order valence-corrected chi connectivity index (χ3v) is 12.2. The van der Waals surface area contributed by atoms with Gasteiger partial charge < -0.3 is 13.3 Å². The smallest absolute Gasteiger partial charge is 0.164 e. The molecule has 61 heavy (non-hydrogen) atoms. The number of aromatic nitrogens is 3. The van der Waals surface area contributed by atoms with Gasteiger partial charge in [-0.2, -0.15) is 0 Å². The summed E-state index contributed by atoms with van der Waals surface area (Å²) in [6.45, 7) is 0. The maximum Gasteiger partial charge on any atom is 0.164 e. The van der Waals surface area contributed by atoms with Crippen LogP contribution in [0.1, 0.15) is 23.6 Å². The van der Waals surface area contributed by atoms with Gasteiger partial charge in [-0.3, -0.25) is 0 Å². The summed E-state index contributed by atoms with van der Waals surface area (Å²) in [4.78, 5) is 15.7. The van der Waals surface area contributed by atoms with Crippen LogP contribution in [0, 0.1) is 0 Å². The standard InChI is InChI=1S/C55H33N3O3/c1-2-14-32(15-3-1)53-56-54(58-55(57-53)43-23-13-27-48-50(43)41-19-7-10-25-46(41)59-48)40-29-28-37(35-16-4-5-17-36(35)40)44-30-33(31-49-51(44)42-20-8-11-26-47(42)60-49)34-21-12-22-39-38-18-6-9-24-45(38)61-52(34)39/h1-12,14-26,28-31H,13,27H2. The summed E-state index contributed by atoms with van der Waals surface area (Å²) in [5.41, 5.74) is 12.3. The lowest BCUT2D eigenvalue weighted by atomic mass is 9.89. The van der Waals surface area contributed by atoms with Crippen LogP contribution in [0.4, 0.5) is 0 Å². The zero-order valence-electron chi connectivity index (χ0n) is 32.7. The predicted octanol–water partition coefficient (Wildman–Crippen LogP) is 14.6. The van der Waals surface area contributed by atoms with Gasteiger partial charge in [-0.25, -0.2) is 15.0 Å². The fourth-order valence-electron chi connectivity index (χ4n) is 9.48. The minimum absolute atomic E-state index is 0.608. The SMILES string of the molecule is C1=C(c2nc(-c3ccccc3)nc(-c3ccc(-c4cc(-c5cccc6c5oc5ccccc56)cc5oc6ccccc6c45)c4ccccc34)n2)c2c(oc3ccccc23)CC1. The Morgan fingerprint density at radius 2 is 1.00 bits per heavy atom. The fourth-order valence-corrected chi connectivity index (χ4v) is 9.48. The molecule has 0 atom stereocenters. The molecule has 0 radical (unpaired) electrons. The van der Waals surface area contributed by atoms with Crippen molar-refractivity contribution >= 4 is 71.2 Å². The van der Waals surface area contributed by atoms with Crippen LogP contribution in [-0.2, 0) is 6.42 Å². The Labute approximate surface area is 349 Å². The number of furan rings is 3. The van der Waals surface area contributed by atoms with Crippen molar-refractivity contribution in [3.8, 4) is 45.0 Å². The first-order valence-corrected chi connectivity index (χ1v) is 20.6. The molecule has 8 aromatic carbocycles. The Morgan fingerprint density at radius 3 is 1.82 bits per heavy atom. The van der Waals surface area contributed by atoms with Gasteiger partial charge in [0.15, 0.2) is 17.5 Å². The van der Waals surface area contributed by atoms with Crippen molar-refractivity contribution in [2.24, 2.45) is 0 Å². The molecule has 0 aliphatic heterocycles. The molecule has 0 bridgehead atoms. The minimum atomic E-state index is 0.608. The summed E-state index contributed by atoms with van der Waals surface area (Å²) in [5, 5.41) is 7.50. The average Bonchev–Trinajstić information content (AvgIpc) is 4.02. The van der Waals surface area contributed by atoms with Gasteiger partial charge in [0.2, 0.25) is 0 Å². The van der Waals surface area contributed by atoms with Gasteiger partial charge in [0.05, 0.1) is 0 Å². The Balaban J connectivity index is 1.04. The van der Waals surface area contributed by atoms with Crippen LogP contribution in [0.15, 0.2) is 189 Å². The Hall–Kier alpha value is -8.09. The number of nitrogens with zero attached hydrogens (tertiary/aromatic N) is 3. The Kier molecular flexibility index (Phi) is 7.33. The first-order valence-electron chi connectivity index (χ1n) is 20.6. The highest BCUT2D eigenvalue weighted by molar-refractivity contribution is 6.18. The van der Waals surface area contributed by atoms with Crippen molar-refractivity contribution < 1.29 is 13.3 Å². The number of benzene rings is 8. The van der Waals surface area contributed by atoms with Crippen LogP contribution >= 0.6 is 0 Å². The van der Waals surface area contributed by atoms with Gasteiger partial charge in [-0.15, -0.1) is 0 Å². The molecular formula is C55H33N3O3. The van der Waals surface area contributed by atoms with Gasteiger partial charge in [0.1, 0.15) is 33.7 Å². The second-order valence-electron chi connectivity index (χ2n) is 15.7. The van der Waals surface area contributed by atoms with E-state index in [1.54, 1.807) is 0 Å². The largest absolute Gasteiger partial charge is 0.460 e. The maximum atomic E-state index is 6.66.